The molecule has 0 saturated heterocycles. The second kappa shape index (κ2) is 7.06. The van der Waals surface area contributed by atoms with Gasteiger partial charge in [0.1, 0.15) is 5.76 Å². The second-order valence-corrected chi connectivity index (χ2v) is 8.38. The molecule has 0 bridgehead atoms. The van der Waals surface area contributed by atoms with Crippen LogP contribution >= 0.6 is 27.3 Å². The third-order valence-electron chi connectivity index (χ3n) is 2.85. The molecule has 0 unspecified atom stereocenters. The van der Waals surface area contributed by atoms with E-state index in [1.807, 2.05) is 18.4 Å². The van der Waals surface area contributed by atoms with E-state index < -0.39 is 10.0 Å². The van der Waals surface area contributed by atoms with Crippen molar-refractivity contribution in [2.24, 2.45) is 0 Å². The van der Waals surface area contributed by atoms with Crippen LogP contribution < -0.4 is 5.32 Å². The quantitative estimate of drug-likeness (QED) is 0.786. The van der Waals surface area contributed by atoms with E-state index in [1.54, 1.807) is 13.1 Å². The standard InChI is InChI=1S/C13H17BrN2O3S2/c1-3-15-7-11-4-5-13(19-11)21(17,18)16(2)8-12-6-10(14)9-20-12/h4-6,9,15H,3,7-8H2,1-2H3. The molecule has 8 heteroatoms. The molecule has 0 aliphatic heterocycles. The van der Waals surface area contributed by atoms with Crippen molar-refractivity contribution >= 4 is 37.3 Å². The maximum atomic E-state index is 12.4. The highest BCUT2D eigenvalue weighted by Gasteiger charge is 2.25. The lowest BCUT2D eigenvalue weighted by molar-refractivity contribution is 0.381. The van der Waals surface area contributed by atoms with Crippen LogP contribution in [0.3, 0.4) is 0 Å². The van der Waals surface area contributed by atoms with Crippen molar-refractivity contribution in [1.29, 1.82) is 0 Å². The summed E-state index contributed by atoms with van der Waals surface area (Å²) in [5.74, 6) is 0.614. The summed E-state index contributed by atoms with van der Waals surface area (Å²) in [4.78, 5) is 0.965. The lowest BCUT2D eigenvalue weighted by Crippen LogP contribution is -2.25. The lowest BCUT2D eigenvalue weighted by Gasteiger charge is -2.14. The number of sulfonamides is 1. The van der Waals surface area contributed by atoms with E-state index in [9.17, 15) is 8.42 Å². The molecule has 116 valence electrons. The first-order valence-electron chi connectivity index (χ1n) is 6.42. The minimum Gasteiger partial charge on any atom is -0.447 e. The largest absolute Gasteiger partial charge is 0.447 e. The fourth-order valence-corrected chi connectivity index (χ4v) is 4.39. The average molecular weight is 393 g/mol. The summed E-state index contributed by atoms with van der Waals surface area (Å²) in [6.45, 7) is 3.62. The molecule has 0 amide bonds. The van der Waals surface area contributed by atoms with Gasteiger partial charge in [0.05, 0.1) is 6.54 Å². The Kier molecular flexibility index (Phi) is 5.61. The van der Waals surface area contributed by atoms with Gasteiger partial charge in [0, 0.05) is 28.3 Å². The van der Waals surface area contributed by atoms with Crippen LogP contribution in [0.25, 0.3) is 0 Å². The number of furan rings is 1. The van der Waals surface area contributed by atoms with E-state index in [2.05, 4.69) is 21.2 Å². The third-order valence-corrected chi connectivity index (χ3v) is 6.21. The average Bonchev–Trinajstić information content (AvgIpc) is 3.06. The molecule has 0 aliphatic rings. The van der Waals surface area contributed by atoms with Crippen LogP contribution in [0.4, 0.5) is 0 Å². The molecule has 5 nitrogen and oxygen atoms in total. The highest BCUT2D eigenvalue weighted by Crippen LogP contribution is 2.24. The second-order valence-electron chi connectivity index (χ2n) is 4.49. The van der Waals surface area contributed by atoms with E-state index in [0.717, 1.165) is 15.9 Å². The number of hydrogen-bond acceptors (Lipinski definition) is 5. The van der Waals surface area contributed by atoms with Gasteiger partial charge in [-0.05, 0) is 40.7 Å². The maximum absolute atomic E-state index is 12.4. The minimum atomic E-state index is -3.60. The third kappa shape index (κ3) is 4.17. The Morgan fingerprint density at radius 1 is 1.43 bits per heavy atom. The number of rotatable bonds is 7. The van der Waals surface area contributed by atoms with Gasteiger partial charge in [-0.15, -0.1) is 11.3 Å². The first kappa shape index (κ1) is 16.7. The molecule has 1 N–H and O–H groups in total. The summed E-state index contributed by atoms with van der Waals surface area (Å²) in [5.41, 5.74) is 0. The smallest absolute Gasteiger partial charge is 0.276 e. The normalized spacial score (nSPS) is 12.2. The summed E-state index contributed by atoms with van der Waals surface area (Å²) in [6, 6.07) is 5.10. The summed E-state index contributed by atoms with van der Waals surface area (Å²) < 4.78 is 32.5. The number of nitrogens with one attached hydrogen (secondary N) is 1. The Balaban J connectivity index is 2.11. The van der Waals surface area contributed by atoms with Crippen molar-refractivity contribution < 1.29 is 12.8 Å². The Morgan fingerprint density at radius 2 is 2.19 bits per heavy atom. The lowest BCUT2D eigenvalue weighted by atomic mass is 10.4. The van der Waals surface area contributed by atoms with E-state index in [-0.39, 0.29) is 5.09 Å². The van der Waals surface area contributed by atoms with Crippen LogP contribution in [0.2, 0.25) is 0 Å². The Bertz CT molecular complexity index is 694. The van der Waals surface area contributed by atoms with Crippen molar-refractivity contribution in [3.63, 3.8) is 0 Å². The number of nitrogens with zero attached hydrogens (tertiary/aromatic N) is 1. The Hall–Kier alpha value is -0.670. The summed E-state index contributed by atoms with van der Waals surface area (Å²) in [7, 11) is -2.05. The van der Waals surface area contributed by atoms with Crippen LogP contribution in [-0.4, -0.2) is 26.3 Å². The van der Waals surface area contributed by atoms with Crippen molar-refractivity contribution in [1.82, 2.24) is 9.62 Å². The molecule has 0 radical (unpaired) electrons. The fraction of sp³-hybridized carbons (Fsp3) is 0.385. The topological polar surface area (TPSA) is 62.6 Å². The van der Waals surface area contributed by atoms with E-state index in [0.29, 0.717) is 18.8 Å². The number of thiophene rings is 1. The predicted octanol–water partition coefficient (Wildman–Crippen LogP) is 3.03. The van der Waals surface area contributed by atoms with Crippen LogP contribution in [0.15, 0.2) is 37.6 Å². The van der Waals surface area contributed by atoms with E-state index in [1.165, 1.54) is 21.7 Å². The van der Waals surface area contributed by atoms with Gasteiger partial charge in [0.25, 0.3) is 10.0 Å². The van der Waals surface area contributed by atoms with Crippen LogP contribution in [0, 0.1) is 0 Å². The van der Waals surface area contributed by atoms with Crippen molar-refractivity contribution in [3.05, 3.63) is 38.7 Å². The zero-order chi connectivity index (χ0) is 15.5. The molecule has 0 aliphatic carbocycles. The van der Waals surface area contributed by atoms with Crippen LogP contribution in [0.5, 0.6) is 0 Å². The van der Waals surface area contributed by atoms with E-state index >= 15 is 0 Å². The summed E-state index contributed by atoms with van der Waals surface area (Å²) >= 11 is 4.87. The van der Waals surface area contributed by atoms with Gasteiger partial charge in [-0.3, -0.25) is 0 Å². The molecular weight excluding hydrogens is 376 g/mol. The molecule has 0 fully saturated rings. The molecule has 0 saturated carbocycles. The SMILES string of the molecule is CCNCc1ccc(S(=O)(=O)N(C)Cc2cc(Br)cs2)o1. The minimum absolute atomic E-state index is 0.0199. The summed E-state index contributed by atoms with van der Waals surface area (Å²) in [6.07, 6.45) is 0. The molecule has 2 rings (SSSR count). The molecule has 0 atom stereocenters. The molecule has 2 heterocycles. The van der Waals surface area contributed by atoms with Gasteiger partial charge in [0.15, 0.2) is 0 Å². The molecule has 2 aromatic rings. The first-order valence-corrected chi connectivity index (χ1v) is 9.53. The van der Waals surface area contributed by atoms with Gasteiger partial charge >= 0.3 is 0 Å². The number of hydrogen-bond donors (Lipinski definition) is 1. The van der Waals surface area contributed by atoms with Crippen molar-refractivity contribution in [2.75, 3.05) is 13.6 Å². The highest BCUT2D eigenvalue weighted by molar-refractivity contribution is 9.10. The van der Waals surface area contributed by atoms with Gasteiger partial charge in [-0.1, -0.05) is 6.92 Å². The zero-order valence-electron chi connectivity index (χ0n) is 11.8. The van der Waals surface area contributed by atoms with Gasteiger partial charge in [-0.2, -0.15) is 4.31 Å². The van der Waals surface area contributed by atoms with Gasteiger partial charge in [0.2, 0.25) is 5.09 Å². The highest BCUT2D eigenvalue weighted by atomic mass is 79.9. The Labute approximate surface area is 137 Å². The number of halogens is 1. The Morgan fingerprint density at radius 3 is 2.81 bits per heavy atom. The molecule has 2 aromatic heterocycles. The first-order chi connectivity index (χ1) is 9.93. The summed E-state index contributed by atoms with van der Waals surface area (Å²) in [5, 5.41) is 5.00. The zero-order valence-corrected chi connectivity index (χ0v) is 15.0. The fourth-order valence-electron chi connectivity index (χ4n) is 1.73. The monoisotopic (exact) mass is 392 g/mol. The van der Waals surface area contributed by atoms with Crippen LogP contribution in [-0.2, 0) is 23.1 Å². The molecule has 0 spiro atoms. The van der Waals surface area contributed by atoms with Crippen LogP contribution in [0.1, 0.15) is 17.6 Å². The maximum Gasteiger partial charge on any atom is 0.276 e. The van der Waals surface area contributed by atoms with Gasteiger partial charge in [-0.25, -0.2) is 8.42 Å². The van der Waals surface area contributed by atoms with Gasteiger partial charge < -0.3 is 9.73 Å². The van der Waals surface area contributed by atoms with Crippen molar-refractivity contribution in [3.8, 4) is 0 Å². The molecular formula is C13H17BrN2O3S2. The van der Waals surface area contributed by atoms with E-state index in [4.69, 9.17) is 4.42 Å². The molecule has 21 heavy (non-hydrogen) atoms. The van der Waals surface area contributed by atoms with Crippen molar-refractivity contribution in [2.45, 2.75) is 25.1 Å². The molecule has 0 aromatic carbocycles. The predicted molar refractivity (Wildman–Crippen MR) is 86.8 cm³/mol.